The minimum absolute atomic E-state index is 0.0767. The zero-order chi connectivity index (χ0) is 14.2. The van der Waals surface area contributed by atoms with Crippen LogP contribution in [-0.4, -0.2) is 42.3 Å². The summed E-state index contributed by atoms with van der Waals surface area (Å²) in [6, 6.07) is 1.33. The summed E-state index contributed by atoms with van der Waals surface area (Å²) in [6.07, 6.45) is 3.11. The number of nitrogens with one attached hydrogen (secondary N) is 1. The highest BCUT2D eigenvalue weighted by atomic mass is 19.4. The monoisotopic (exact) mass is 290 g/mol. The standard InChI is InChI=1S/C15H25F3N2/c16-15(17,18)11-2-1-3-13(10-11)19-12-6-8-20(9-7-12)14-4-5-14/h11-14,19H,1-10H2. The average molecular weight is 290 g/mol. The second-order valence-corrected chi connectivity index (χ2v) is 6.81. The van der Waals surface area contributed by atoms with Gasteiger partial charge in [-0.1, -0.05) is 6.42 Å². The van der Waals surface area contributed by atoms with Crippen molar-refractivity contribution in [1.29, 1.82) is 0 Å². The van der Waals surface area contributed by atoms with Crippen LogP contribution >= 0.6 is 0 Å². The van der Waals surface area contributed by atoms with E-state index in [1.54, 1.807) is 0 Å². The first-order valence-electron chi connectivity index (χ1n) is 8.09. The van der Waals surface area contributed by atoms with E-state index in [0.29, 0.717) is 18.9 Å². The highest BCUT2D eigenvalue weighted by Gasteiger charge is 2.42. The molecule has 0 radical (unpaired) electrons. The van der Waals surface area contributed by atoms with Gasteiger partial charge in [-0.15, -0.1) is 0 Å². The molecular weight excluding hydrogens is 265 g/mol. The van der Waals surface area contributed by atoms with E-state index in [9.17, 15) is 13.2 Å². The first kappa shape index (κ1) is 14.6. The molecule has 2 aliphatic carbocycles. The van der Waals surface area contributed by atoms with Gasteiger partial charge in [0.1, 0.15) is 0 Å². The largest absolute Gasteiger partial charge is 0.391 e. The van der Waals surface area contributed by atoms with Crippen molar-refractivity contribution >= 4 is 0 Å². The number of hydrogen-bond acceptors (Lipinski definition) is 2. The number of nitrogens with zero attached hydrogens (tertiary/aromatic N) is 1. The molecule has 2 saturated carbocycles. The first-order valence-corrected chi connectivity index (χ1v) is 8.09. The zero-order valence-electron chi connectivity index (χ0n) is 12.0. The van der Waals surface area contributed by atoms with Crippen molar-refractivity contribution in [3.63, 3.8) is 0 Å². The van der Waals surface area contributed by atoms with Crippen LogP contribution in [-0.2, 0) is 0 Å². The molecule has 0 amide bonds. The molecule has 20 heavy (non-hydrogen) atoms. The number of halogens is 3. The van der Waals surface area contributed by atoms with Crippen molar-refractivity contribution in [2.45, 2.75) is 75.7 Å². The molecule has 0 aromatic rings. The van der Waals surface area contributed by atoms with E-state index in [1.165, 1.54) is 12.8 Å². The van der Waals surface area contributed by atoms with Gasteiger partial charge in [-0.2, -0.15) is 13.2 Å². The van der Waals surface area contributed by atoms with Gasteiger partial charge < -0.3 is 10.2 Å². The molecular formula is C15H25F3N2. The molecule has 3 aliphatic rings. The summed E-state index contributed by atoms with van der Waals surface area (Å²) >= 11 is 0. The summed E-state index contributed by atoms with van der Waals surface area (Å²) in [7, 11) is 0. The third kappa shape index (κ3) is 3.67. The summed E-state index contributed by atoms with van der Waals surface area (Å²) in [4.78, 5) is 2.55. The molecule has 1 saturated heterocycles. The Balaban J connectivity index is 1.43. The molecule has 5 heteroatoms. The minimum atomic E-state index is -4.00. The maximum absolute atomic E-state index is 12.8. The quantitative estimate of drug-likeness (QED) is 0.858. The van der Waals surface area contributed by atoms with Gasteiger partial charge in [0.15, 0.2) is 0 Å². The topological polar surface area (TPSA) is 15.3 Å². The normalized spacial score (nSPS) is 34.4. The van der Waals surface area contributed by atoms with E-state index in [2.05, 4.69) is 10.2 Å². The van der Waals surface area contributed by atoms with Gasteiger partial charge in [-0.25, -0.2) is 0 Å². The van der Waals surface area contributed by atoms with Gasteiger partial charge >= 0.3 is 6.18 Å². The lowest BCUT2D eigenvalue weighted by Gasteiger charge is -2.37. The van der Waals surface area contributed by atoms with Crippen molar-refractivity contribution in [3.05, 3.63) is 0 Å². The Morgan fingerprint density at radius 3 is 2.15 bits per heavy atom. The Morgan fingerprint density at radius 2 is 1.55 bits per heavy atom. The summed E-state index contributed by atoms with van der Waals surface area (Å²) in [5, 5.41) is 3.51. The molecule has 1 heterocycles. The second kappa shape index (κ2) is 5.84. The highest BCUT2D eigenvalue weighted by molar-refractivity contribution is 4.90. The van der Waals surface area contributed by atoms with Crippen molar-refractivity contribution in [2.24, 2.45) is 5.92 Å². The summed E-state index contributed by atoms with van der Waals surface area (Å²) < 4.78 is 38.4. The molecule has 2 unspecified atom stereocenters. The fraction of sp³-hybridized carbons (Fsp3) is 1.00. The lowest BCUT2D eigenvalue weighted by molar-refractivity contribution is -0.184. The van der Waals surface area contributed by atoms with Crippen LogP contribution in [0.25, 0.3) is 0 Å². The van der Waals surface area contributed by atoms with Crippen LogP contribution in [0.4, 0.5) is 13.2 Å². The molecule has 0 spiro atoms. The molecule has 1 N–H and O–H groups in total. The summed E-state index contributed by atoms with van der Waals surface area (Å²) in [6.45, 7) is 2.25. The summed E-state index contributed by atoms with van der Waals surface area (Å²) in [5.41, 5.74) is 0. The van der Waals surface area contributed by atoms with Crippen molar-refractivity contribution < 1.29 is 13.2 Å². The molecule has 3 rings (SSSR count). The predicted octanol–water partition coefficient (Wildman–Crippen LogP) is 3.32. The van der Waals surface area contributed by atoms with E-state index in [-0.39, 0.29) is 12.5 Å². The molecule has 0 aromatic heterocycles. The molecule has 0 aromatic carbocycles. The van der Waals surface area contributed by atoms with Crippen molar-refractivity contribution in [2.75, 3.05) is 13.1 Å². The molecule has 2 atom stereocenters. The average Bonchev–Trinajstić information content (AvgIpc) is 3.23. The molecule has 3 fully saturated rings. The van der Waals surface area contributed by atoms with E-state index >= 15 is 0 Å². The first-order chi connectivity index (χ1) is 9.52. The molecule has 0 bridgehead atoms. The van der Waals surface area contributed by atoms with Crippen molar-refractivity contribution in [1.82, 2.24) is 10.2 Å². The lowest BCUT2D eigenvalue weighted by atomic mass is 9.84. The molecule has 116 valence electrons. The van der Waals surface area contributed by atoms with Gasteiger partial charge in [0.25, 0.3) is 0 Å². The lowest BCUT2D eigenvalue weighted by Crippen LogP contribution is -2.48. The Labute approximate surface area is 119 Å². The SMILES string of the molecule is FC(F)(F)C1CCCC(NC2CCN(C3CC3)CC2)C1. The van der Waals surface area contributed by atoms with Gasteiger partial charge in [0.2, 0.25) is 0 Å². The van der Waals surface area contributed by atoms with Crippen LogP contribution in [0.1, 0.15) is 51.4 Å². The number of alkyl halides is 3. The van der Waals surface area contributed by atoms with Gasteiger partial charge in [-0.3, -0.25) is 0 Å². The van der Waals surface area contributed by atoms with Crippen LogP contribution in [0.3, 0.4) is 0 Å². The van der Waals surface area contributed by atoms with Crippen molar-refractivity contribution in [3.8, 4) is 0 Å². The summed E-state index contributed by atoms with van der Waals surface area (Å²) in [5.74, 6) is -1.08. The fourth-order valence-corrected chi connectivity index (χ4v) is 3.84. The minimum Gasteiger partial charge on any atom is -0.311 e. The van der Waals surface area contributed by atoms with Crippen LogP contribution in [0.5, 0.6) is 0 Å². The highest BCUT2D eigenvalue weighted by Crippen LogP contribution is 2.38. The smallest absolute Gasteiger partial charge is 0.311 e. The fourth-order valence-electron chi connectivity index (χ4n) is 3.84. The maximum atomic E-state index is 12.8. The Morgan fingerprint density at radius 1 is 0.850 bits per heavy atom. The number of rotatable bonds is 3. The van der Waals surface area contributed by atoms with Crippen LogP contribution in [0.15, 0.2) is 0 Å². The Kier molecular flexibility index (Phi) is 4.27. The van der Waals surface area contributed by atoms with E-state index in [1.807, 2.05) is 0 Å². The second-order valence-electron chi connectivity index (χ2n) is 6.81. The van der Waals surface area contributed by atoms with Gasteiger partial charge in [0, 0.05) is 18.1 Å². The van der Waals surface area contributed by atoms with Crippen LogP contribution in [0, 0.1) is 5.92 Å². The van der Waals surface area contributed by atoms with Crippen LogP contribution < -0.4 is 5.32 Å². The predicted molar refractivity (Wildman–Crippen MR) is 72.6 cm³/mol. The Bertz CT molecular complexity index is 320. The maximum Gasteiger partial charge on any atom is 0.391 e. The third-order valence-corrected chi connectivity index (χ3v) is 5.20. The van der Waals surface area contributed by atoms with Crippen LogP contribution in [0.2, 0.25) is 0 Å². The van der Waals surface area contributed by atoms with Gasteiger partial charge in [-0.05, 0) is 58.0 Å². The molecule has 1 aliphatic heterocycles. The third-order valence-electron chi connectivity index (χ3n) is 5.20. The van der Waals surface area contributed by atoms with E-state index < -0.39 is 12.1 Å². The number of hydrogen-bond donors (Lipinski definition) is 1. The number of likely N-dealkylation sites (tertiary alicyclic amines) is 1. The number of piperidine rings is 1. The molecule has 2 nitrogen and oxygen atoms in total. The van der Waals surface area contributed by atoms with Gasteiger partial charge in [0.05, 0.1) is 5.92 Å². The van der Waals surface area contributed by atoms with E-state index in [0.717, 1.165) is 38.4 Å². The zero-order valence-corrected chi connectivity index (χ0v) is 12.0. The van der Waals surface area contributed by atoms with E-state index in [4.69, 9.17) is 0 Å². The Hall–Kier alpha value is -0.290.